The van der Waals surface area contributed by atoms with Gasteiger partial charge in [0.05, 0.1) is 4.90 Å². The molecule has 1 aromatic carbocycles. The first-order valence-corrected chi connectivity index (χ1v) is 9.72. The van der Waals surface area contributed by atoms with Gasteiger partial charge in [0.2, 0.25) is 0 Å². The molecule has 0 aliphatic carbocycles. The lowest BCUT2D eigenvalue weighted by Crippen LogP contribution is -2.41. The number of hydrogen-bond acceptors (Lipinski definition) is 5. The number of hydrogen-bond donors (Lipinski definition) is 2. The molecule has 2 rings (SSSR count). The molecular formula is C11H11ClN2O4S3. The second-order valence-electron chi connectivity index (χ2n) is 4.03. The summed E-state index contributed by atoms with van der Waals surface area (Å²) in [5.74, 6) is 0. The Hall–Kier alpha value is -0.970. The first-order chi connectivity index (χ1) is 9.71. The molecule has 0 bridgehead atoms. The van der Waals surface area contributed by atoms with E-state index >= 15 is 0 Å². The van der Waals surface area contributed by atoms with Crippen molar-refractivity contribution in [3.8, 4) is 0 Å². The van der Waals surface area contributed by atoms with Gasteiger partial charge in [-0.3, -0.25) is 0 Å². The summed E-state index contributed by atoms with van der Waals surface area (Å²) in [6.45, 7) is 1.75. The number of rotatable bonds is 5. The van der Waals surface area contributed by atoms with Crippen LogP contribution in [0.2, 0.25) is 5.02 Å². The van der Waals surface area contributed by atoms with Crippen LogP contribution in [0.4, 0.5) is 0 Å². The Labute approximate surface area is 131 Å². The van der Waals surface area contributed by atoms with Gasteiger partial charge in [0.25, 0.3) is 20.0 Å². The van der Waals surface area contributed by atoms with Crippen molar-refractivity contribution in [1.29, 1.82) is 0 Å². The molecule has 2 aromatic rings. The number of aryl methyl sites for hydroxylation is 1. The zero-order valence-electron chi connectivity index (χ0n) is 10.7. The van der Waals surface area contributed by atoms with Gasteiger partial charge in [-0.05, 0) is 43.3 Å². The van der Waals surface area contributed by atoms with Gasteiger partial charge in [-0.1, -0.05) is 11.6 Å². The van der Waals surface area contributed by atoms with Gasteiger partial charge in [0.15, 0.2) is 0 Å². The van der Waals surface area contributed by atoms with Crippen LogP contribution in [0.5, 0.6) is 0 Å². The Bertz CT molecular complexity index is 842. The molecule has 0 unspecified atom stereocenters. The molecule has 21 heavy (non-hydrogen) atoms. The largest absolute Gasteiger partial charge is 0.263 e. The van der Waals surface area contributed by atoms with Crippen molar-refractivity contribution in [3.63, 3.8) is 0 Å². The Morgan fingerprint density at radius 2 is 1.48 bits per heavy atom. The quantitative estimate of drug-likeness (QED) is 0.790. The maximum Gasteiger partial charge on any atom is 0.263 e. The zero-order valence-corrected chi connectivity index (χ0v) is 13.9. The van der Waals surface area contributed by atoms with E-state index in [2.05, 4.69) is 0 Å². The van der Waals surface area contributed by atoms with Crippen LogP contribution < -0.4 is 9.66 Å². The molecule has 1 heterocycles. The standard InChI is InChI=1S/C11H11ClN2O4S3/c1-8-2-7-11(19-8)21(17,18)14-13-20(15,16)10-5-3-9(12)4-6-10/h2-7,13-14H,1H3. The zero-order chi connectivity index (χ0) is 15.7. The summed E-state index contributed by atoms with van der Waals surface area (Å²) < 4.78 is 47.8. The van der Waals surface area contributed by atoms with Gasteiger partial charge in [0.1, 0.15) is 4.21 Å². The van der Waals surface area contributed by atoms with Crippen molar-refractivity contribution in [1.82, 2.24) is 9.66 Å². The molecular weight excluding hydrogens is 356 g/mol. The monoisotopic (exact) mass is 366 g/mol. The number of sulfonamides is 2. The first-order valence-electron chi connectivity index (χ1n) is 5.56. The summed E-state index contributed by atoms with van der Waals surface area (Å²) in [5, 5.41) is 0.378. The maximum absolute atomic E-state index is 11.9. The van der Waals surface area contributed by atoms with Crippen molar-refractivity contribution < 1.29 is 16.8 Å². The van der Waals surface area contributed by atoms with E-state index in [4.69, 9.17) is 11.6 Å². The van der Waals surface area contributed by atoms with E-state index in [1.807, 2.05) is 9.66 Å². The van der Waals surface area contributed by atoms with E-state index in [9.17, 15) is 16.8 Å². The third-order valence-electron chi connectivity index (χ3n) is 2.41. The summed E-state index contributed by atoms with van der Waals surface area (Å²) in [5.41, 5.74) is 0. The highest BCUT2D eigenvalue weighted by atomic mass is 35.5. The van der Waals surface area contributed by atoms with Gasteiger partial charge in [-0.2, -0.15) is 0 Å². The second kappa shape index (κ2) is 6.03. The average Bonchev–Trinajstić information content (AvgIpc) is 2.85. The molecule has 2 N–H and O–H groups in total. The molecule has 0 fully saturated rings. The lowest BCUT2D eigenvalue weighted by atomic mass is 10.4. The summed E-state index contributed by atoms with van der Waals surface area (Å²) in [6, 6.07) is 8.37. The molecule has 0 amide bonds. The summed E-state index contributed by atoms with van der Waals surface area (Å²) in [4.78, 5) is 4.40. The van der Waals surface area contributed by atoms with Crippen LogP contribution in [0.3, 0.4) is 0 Å². The highest BCUT2D eigenvalue weighted by Crippen LogP contribution is 2.20. The fraction of sp³-hybridized carbons (Fsp3) is 0.0909. The van der Waals surface area contributed by atoms with E-state index in [0.717, 1.165) is 16.2 Å². The Kier molecular flexibility index (Phi) is 4.71. The van der Waals surface area contributed by atoms with Crippen molar-refractivity contribution >= 4 is 43.0 Å². The molecule has 0 aliphatic heterocycles. The third kappa shape index (κ3) is 4.02. The Balaban J connectivity index is 2.17. The molecule has 114 valence electrons. The number of nitrogens with one attached hydrogen (secondary N) is 2. The predicted molar refractivity (Wildman–Crippen MR) is 81.2 cm³/mol. The lowest BCUT2D eigenvalue weighted by molar-refractivity contribution is 0.559. The predicted octanol–water partition coefficient (Wildman–Crippen LogP) is 1.88. The lowest BCUT2D eigenvalue weighted by Gasteiger charge is -2.08. The van der Waals surface area contributed by atoms with E-state index in [1.54, 1.807) is 13.0 Å². The fourth-order valence-electron chi connectivity index (χ4n) is 1.39. The fourth-order valence-corrected chi connectivity index (χ4v) is 4.90. The molecule has 0 atom stereocenters. The Morgan fingerprint density at radius 1 is 0.905 bits per heavy atom. The molecule has 0 aliphatic rings. The van der Waals surface area contributed by atoms with Crippen molar-refractivity contribution in [2.75, 3.05) is 0 Å². The molecule has 0 radical (unpaired) electrons. The molecule has 0 saturated heterocycles. The number of thiophene rings is 1. The normalized spacial score (nSPS) is 12.5. The first kappa shape index (κ1) is 16.4. The van der Waals surface area contributed by atoms with Crippen LogP contribution in [0.15, 0.2) is 45.5 Å². The average molecular weight is 367 g/mol. The van der Waals surface area contributed by atoms with Crippen molar-refractivity contribution in [2.24, 2.45) is 0 Å². The number of halogens is 1. The highest BCUT2D eigenvalue weighted by molar-refractivity contribution is 7.93. The maximum atomic E-state index is 11.9. The van der Waals surface area contributed by atoms with Crippen molar-refractivity contribution in [2.45, 2.75) is 16.0 Å². The summed E-state index contributed by atoms with van der Waals surface area (Å²) in [7, 11) is -7.94. The molecule has 0 spiro atoms. The minimum absolute atomic E-state index is 0.0267. The van der Waals surface area contributed by atoms with Crippen LogP contribution in [0.25, 0.3) is 0 Å². The summed E-state index contributed by atoms with van der Waals surface area (Å²) in [6.07, 6.45) is 0. The minimum Gasteiger partial charge on any atom is -0.206 e. The van der Waals surface area contributed by atoms with Crippen molar-refractivity contribution in [3.05, 3.63) is 46.3 Å². The highest BCUT2D eigenvalue weighted by Gasteiger charge is 2.20. The smallest absolute Gasteiger partial charge is 0.206 e. The van der Waals surface area contributed by atoms with Crippen LogP contribution in [0.1, 0.15) is 4.88 Å². The van der Waals surface area contributed by atoms with E-state index in [1.165, 1.54) is 30.3 Å². The SMILES string of the molecule is Cc1ccc(S(=O)(=O)NNS(=O)(=O)c2ccc(Cl)cc2)s1. The van der Waals surface area contributed by atoms with E-state index in [0.29, 0.717) is 5.02 Å². The van der Waals surface area contributed by atoms with Gasteiger partial charge >= 0.3 is 0 Å². The molecule has 1 aromatic heterocycles. The van der Waals surface area contributed by atoms with Crippen LogP contribution in [-0.2, 0) is 20.0 Å². The van der Waals surface area contributed by atoms with Crippen LogP contribution >= 0.6 is 22.9 Å². The van der Waals surface area contributed by atoms with E-state index < -0.39 is 20.0 Å². The van der Waals surface area contributed by atoms with E-state index in [-0.39, 0.29) is 9.10 Å². The van der Waals surface area contributed by atoms with Gasteiger partial charge in [0, 0.05) is 9.90 Å². The number of benzene rings is 1. The minimum atomic E-state index is -4.01. The molecule has 6 nitrogen and oxygen atoms in total. The molecule has 0 saturated carbocycles. The third-order valence-corrected chi connectivity index (χ3v) is 6.80. The Morgan fingerprint density at radius 3 is 2.00 bits per heavy atom. The van der Waals surface area contributed by atoms with Crippen LogP contribution in [0, 0.1) is 6.92 Å². The van der Waals surface area contributed by atoms with Gasteiger partial charge in [-0.15, -0.1) is 21.0 Å². The van der Waals surface area contributed by atoms with Crippen LogP contribution in [-0.4, -0.2) is 16.8 Å². The number of hydrazine groups is 1. The second-order valence-corrected chi connectivity index (χ2v) is 9.35. The van der Waals surface area contributed by atoms with Gasteiger partial charge < -0.3 is 0 Å². The van der Waals surface area contributed by atoms with Gasteiger partial charge in [-0.25, -0.2) is 16.8 Å². The summed E-state index contributed by atoms with van der Waals surface area (Å²) >= 11 is 6.71. The topological polar surface area (TPSA) is 92.3 Å². The molecule has 10 heteroatoms.